The molecule has 0 aromatic carbocycles. The molecule has 1 atom stereocenters. The van der Waals surface area contributed by atoms with Gasteiger partial charge in [-0.1, -0.05) is 6.58 Å². The van der Waals surface area contributed by atoms with E-state index in [4.69, 9.17) is 9.47 Å². The minimum absolute atomic E-state index is 0.00871. The molecule has 112 valence electrons. The minimum Gasteiger partial charge on any atom is -0.450 e. The first-order chi connectivity index (χ1) is 9.97. The Morgan fingerprint density at radius 3 is 2.57 bits per heavy atom. The Morgan fingerprint density at radius 1 is 1.38 bits per heavy atom. The second kappa shape index (κ2) is 6.23. The SMILES string of the molecule is C=C(C)C(=O)O/C=C(/CC1CO1)C(=O)OOC(=O)C1=CO1. The molecule has 2 heterocycles. The molecule has 0 saturated carbocycles. The van der Waals surface area contributed by atoms with Gasteiger partial charge in [-0.15, -0.1) is 0 Å². The third-order valence-corrected chi connectivity index (χ3v) is 2.40. The average Bonchev–Trinajstić information content (AvgIpc) is 3.31. The fraction of sp³-hybridized carbons (Fsp3) is 0.308. The van der Waals surface area contributed by atoms with Crippen LogP contribution in [0.4, 0.5) is 0 Å². The number of epoxide rings is 1. The predicted octanol–water partition coefficient (Wildman–Crippen LogP) is 0.651. The van der Waals surface area contributed by atoms with Crippen LogP contribution in [-0.4, -0.2) is 30.6 Å². The second-order valence-electron chi connectivity index (χ2n) is 4.33. The number of rotatable bonds is 6. The van der Waals surface area contributed by atoms with Gasteiger partial charge in [0, 0.05) is 12.0 Å². The minimum atomic E-state index is -0.963. The van der Waals surface area contributed by atoms with E-state index in [1.807, 2.05) is 0 Å². The first-order valence-corrected chi connectivity index (χ1v) is 5.94. The Kier molecular flexibility index (Phi) is 4.39. The van der Waals surface area contributed by atoms with Crippen molar-refractivity contribution in [3.05, 3.63) is 36.0 Å². The van der Waals surface area contributed by atoms with Gasteiger partial charge in [-0.3, -0.25) is 0 Å². The third kappa shape index (κ3) is 4.77. The van der Waals surface area contributed by atoms with Crippen molar-refractivity contribution in [1.29, 1.82) is 0 Å². The zero-order valence-corrected chi connectivity index (χ0v) is 11.1. The van der Waals surface area contributed by atoms with Crippen LogP contribution >= 0.6 is 0 Å². The summed E-state index contributed by atoms with van der Waals surface area (Å²) in [7, 11) is 0. The van der Waals surface area contributed by atoms with Gasteiger partial charge in [-0.25, -0.2) is 24.2 Å². The van der Waals surface area contributed by atoms with E-state index in [1.165, 1.54) is 6.92 Å². The number of hydrogen-bond donors (Lipinski definition) is 0. The molecule has 1 unspecified atom stereocenters. The fourth-order valence-electron chi connectivity index (χ4n) is 1.13. The molecular formula is C13H12O8. The monoisotopic (exact) mass is 296 g/mol. The van der Waals surface area contributed by atoms with Crippen molar-refractivity contribution in [1.82, 2.24) is 0 Å². The summed E-state index contributed by atoms with van der Waals surface area (Å²) < 4.78 is 14.2. The lowest BCUT2D eigenvalue weighted by Gasteiger charge is -2.05. The van der Waals surface area contributed by atoms with Crippen LogP contribution in [-0.2, 0) is 38.4 Å². The molecule has 0 bridgehead atoms. The summed E-state index contributed by atoms with van der Waals surface area (Å²) in [5.41, 5.74) is 0.163. The molecule has 8 heteroatoms. The smallest absolute Gasteiger partial charge is 0.424 e. The molecule has 0 N–H and O–H groups in total. The zero-order chi connectivity index (χ0) is 15.4. The van der Waals surface area contributed by atoms with E-state index < -0.39 is 17.9 Å². The fourth-order valence-corrected chi connectivity index (χ4v) is 1.13. The lowest BCUT2D eigenvalue weighted by molar-refractivity contribution is -0.253. The van der Waals surface area contributed by atoms with Crippen molar-refractivity contribution in [2.24, 2.45) is 0 Å². The molecule has 21 heavy (non-hydrogen) atoms. The van der Waals surface area contributed by atoms with Crippen LogP contribution in [0, 0.1) is 0 Å². The highest BCUT2D eigenvalue weighted by Crippen LogP contribution is 2.21. The quantitative estimate of drug-likeness (QED) is 0.176. The lowest BCUT2D eigenvalue weighted by atomic mass is 10.2. The Balaban J connectivity index is 1.89. The standard InChI is InChI=1S/C13H12O8/c1-7(2)11(14)19-4-8(3-9-5-17-9)12(15)20-21-13(16)10-6-18-10/h4,6,9H,1,3,5H2,2H3/b8-4-. The summed E-state index contributed by atoms with van der Waals surface area (Å²) in [5, 5.41) is 0. The zero-order valence-electron chi connectivity index (χ0n) is 11.1. The van der Waals surface area contributed by atoms with Crippen LogP contribution in [0.2, 0.25) is 0 Å². The number of hydrogen-bond acceptors (Lipinski definition) is 8. The topological polar surface area (TPSA) is 104 Å². The molecule has 2 aliphatic rings. The van der Waals surface area contributed by atoms with Crippen LogP contribution in [0.5, 0.6) is 0 Å². The maximum atomic E-state index is 11.7. The Hall–Kier alpha value is -2.61. The van der Waals surface area contributed by atoms with E-state index >= 15 is 0 Å². The van der Waals surface area contributed by atoms with Crippen LogP contribution in [0.3, 0.4) is 0 Å². The van der Waals surface area contributed by atoms with Crippen molar-refractivity contribution >= 4 is 17.9 Å². The lowest BCUT2D eigenvalue weighted by Crippen LogP contribution is -2.15. The summed E-state index contributed by atoms with van der Waals surface area (Å²) in [4.78, 5) is 42.7. The largest absolute Gasteiger partial charge is 0.450 e. The summed E-state index contributed by atoms with van der Waals surface area (Å²) >= 11 is 0. The highest BCUT2D eigenvalue weighted by Gasteiger charge is 2.30. The first-order valence-electron chi connectivity index (χ1n) is 5.94. The van der Waals surface area contributed by atoms with Gasteiger partial charge in [0.2, 0.25) is 0 Å². The van der Waals surface area contributed by atoms with Crippen LogP contribution in [0.25, 0.3) is 0 Å². The van der Waals surface area contributed by atoms with Gasteiger partial charge in [0.1, 0.15) is 12.5 Å². The van der Waals surface area contributed by atoms with Gasteiger partial charge >= 0.3 is 17.9 Å². The first kappa shape index (κ1) is 14.8. The molecule has 0 spiro atoms. The van der Waals surface area contributed by atoms with E-state index in [1.54, 1.807) is 0 Å². The number of carbonyl (C=O) groups excluding carboxylic acids is 3. The highest BCUT2D eigenvalue weighted by molar-refractivity contribution is 5.92. The molecule has 0 amide bonds. The van der Waals surface area contributed by atoms with E-state index in [0.29, 0.717) is 6.61 Å². The van der Waals surface area contributed by atoms with Gasteiger partial charge in [0.15, 0.2) is 0 Å². The van der Waals surface area contributed by atoms with Crippen molar-refractivity contribution in [3.63, 3.8) is 0 Å². The number of ether oxygens (including phenoxy) is 3. The van der Waals surface area contributed by atoms with Crippen LogP contribution in [0.15, 0.2) is 36.0 Å². The van der Waals surface area contributed by atoms with E-state index in [-0.39, 0.29) is 29.4 Å². The third-order valence-electron chi connectivity index (χ3n) is 2.40. The number of esters is 1. The highest BCUT2D eigenvalue weighted by atomic mass is 17.2. The molecule has 0 radical (unpaired) electrons. The predicted molar refractivity (Wildman–Crippen MR) is 64.7 cm³/mol. The molecule has 0 aliphatic carbocycles. The van der Waals surface area contributed by atoms with Crippen molar-refractivity contribution < 1.29 is 38.4 Å². The van der Waals surface area contributed by atoms with Crippen molar-refractivity contribution in [2.75, 3.05) is 6.61 Å². The summed E-state index contributed by atoms with van der Waals surface area (Å²) in [6.07, 6.45) is 2.08. The van der Waals surface area contributed by atoms with Gasteiger partial charge in [0.05, 0.1) is 18.3 Å². The van der Waals surface area contributed by atoms with Crippen LogP contribution < -0.4 is 0 Å². The van der Waals surface area contributed by atoms with E-state index in [2.05, 4.69) is 21.1 Å². The van der Waals surface area contributed by atoms with Crippen molar-refractivity contribution in [3.8, 4) is 0 Å². The molecule has 1 fully saturated rings. The molecule has 2 rings (SSSR count). The van der Waals surface area contributed by atoms with E-state index in [0.717, 1.165) is 12.5 Å². The van der Waals surface area contributed by atoms with Crippen LogP contribution in [0.1, 0.15) is 13.3 Å². The maximum Gasteiger partial charge on any atom is 0.424 e. The van der Waals surface area contributed by atoms with Gasteiger partial charge in [-0.05, 0) is 6.92 Å². The molecule has 0 aromatic rings. The Bertz CT molecular complexity index is 553. The van der Waals surface area contributed by atoms with Gasteiger partial charge in [-0.2, -0.15) is 0 Å². The average molecular weight is 296 g/mol. The van der Waals surface area contributed by atoms with Gasteiger partial charge in [0.25, 0.3) is 5.76 Å². The molecule has 2 aliphatic heterocycles. The Labute approximate surface area is 119 Å². The van der Waals surface area contributed by atoms with Gasteiger partial charge < -0.3 is 14.2 Å². The van der Waals surface area contributed by atoms with Crippen molar-refractivity contribution in [2.45, 2.75) is 19.4 Å². The number of carbonyl (C=O) groups is 3. The summed E-state index contributed by atoms with van der Waals surface area (Å²) in [6.45, 7) is 5.35. The molecular weight excluding hydrogens is 284 g/mol. The molecule has 0 aromatic heterocycles. The Morgan fingerprint density at radius 2 is 2.05 bits per heavy atom. The molecule has 1 saturated heterocycles. The summed E-state index contributed by atoms with van der Waals surface area (Å²) in [6, 6.07) is 0. The maximum absolute atomic E-state index is 11.7. The summed E-state index contributed by atoms with van der Waals surface area (Å²) in [5.74, 6) is -2.63. The normalized spacial score (nSPS) is 18.8. The molecule has 8 nitrogen and oxygen atoms in total. The second-order valence-corrected chi connectivity index (χ2v) is 4.33. The van der Waals surface area contributed by atoms with E-state index in [9.17, 15) is 14.4 Å².